The Labute approximate surface area is 101 Å². The maximum Gasteiger partial charge on any atom is 0.224 e. The Bertz CT molecular complexity index is 418. The van der Waals surface area contributed by atoms with Gasteiger partial charge in [-0.3, -0.25) is 9.59 Å². The van der Waals surface area contributed by atoms with Gasteiger partial charge in [0.05, 0.1) is 0 Å². The van der Waals surface area contributed by atoms with Gasteiger partial charge in [-0.05, 0) is 49.9 Å². The summed E-state index contributed by atoms with van der Waals surface area (Å²) in [7, 11) is 0. The highest BCUT2D eigenvalue weighted by molar-refractivity contribution is 5.95. The minimum absolute atomic E-state index is 0.0392. The lowest BCUT2D eigenvalue weighted by molar-refractivity contribution is -0.117. The number of ketones is 1. The van der Waals surface area contributed by atoms with Crippen molar-refractivity contribution in [1.29, 1.82) is 0 Å². The molecule has 1 amide bonds. The van der Waals surface area contributed by atoms with E-state index < -0.39 is 0 Å². The lowest BCUT2D eigenvalue weighted by Crippen LogP contribution is -2.20. The van der Waals surface area contributed by atoms with Gasteiger partial charge in [0.15, 0.2) is 5.78 Å². The topological polar surface area (TPSA) is 46.2 Å². The molecule has 2 rings (SSSR count). The zero-order valence-corrected chi connectivity index (χ0v) is 10.0. The Balaban J connectivity index is 1.89. The van der Waals surface area contributed by atoms with Gasteiger partial charge >= 0.3 is 0 Å². The molecular weight excluding hydrogens is 214 g/mol. The minimum atomic E-state index is 0.0392. The van der Waals surface area contributed by atoms with Gasteiger partial charge in [-0.1, -0.05) is 6.42 Å². The number of hydrogen-bond donors (Lipinski definition) is 1. The van der Waals surface area contributed by atoms with Crippen LogP contribution >= 0.6 is 0 Å². The summed E-state index contributed by atoms with van der Waals surface area (Å²) < 4.78 is 0. The van der Waals surface area contributed by atoms with Crippen LogP contribution in [0.4, 0.5) is 5.69 Å². The molecule has 90 valence electrons. The Morgan fingerprint density at radius 2 is 1.88 bits per heavy atom. The highest BCUT2D eigenvalue weighted by Gasteiger charge is 2.20. The number of carbonyl (C=O) groups is 2. The average molecular weight is 231 g/mol. The predicted octanol–water partition coefficient (Wildman–Crippen LogP) is 3.02. The predicted molar refractivity (Wildman–Crippen MR) is 67.0 cm³/mol. The van der Waals surface area contributed by atoms with Crippen molar-refractivity contribution in [3.8, 4) is 0 Å². The molecule has 0 spiro atoms. The molecule has 0 aliphatic heterocycles. The number of rotatable bonds is 4. The van der Waals surface area contributed by atoms with Gasteiger partial charge in [0.2, 0.25) is 5.91 Å². The van der Waals surface area contributed by atoms with E-state index in [-0.39, 0.29) is 11.7 Å². The van der Waals surface area contributed by atoms with Crippen molar-refractivity contribution < 1.29 is 9.59 Å². The van der Waals surface area contributed by atoms with Crippen LogP contribution in [-0.2, 0) is 4.79 Å². The second kappa shape index (κ2) is 5.13. The summed E-state index contributed by atoms with van der Waals surface area (Å²) in [5.74, 6) is 0.689. The van der Waals surface area contributed by atoms with Gasteiger partial charge in [0, 0.05) is 17.7 Å². The molecule has 0 heterocycles. The summed E-state index contributed by atoms with van der Waals surface area (Å²) in [6, 6.07) is 7.02. The van der Waals surface area contributed by atoms with Crippen molar-refractivity contribution in [1.82, 2.24) is 0 Å². The van der Waals surface area contributed by atoms with E-state index in [0.717, 1.165) is 5.69 Å². The normalized spacial score (nSPS) is 15.1. The van der Waals surface area contributed by atoms with Gasteiger partial charge in [-0.15, -0.1) is 0 Å². The maximum absolute atomic E-state index is 11.7. The van der Waals surface area contributed by atoms with Gasteiger partial charge in [0.25, 0.3) is 0 Å². The number of nitrogens with one attached hydrogen (secondary N) is 1. The van der Waals surface area contributed by atoms with Crippen LogP contribution in [0, 0.1) is 5.92 Å². The summed E-state index contributed by atoms with van der Waals surface area (Å²) in [6.07, 6.45) is 4.23. The molecule has 1 aliphatic carbocycles. The molecule has 1 aromatic rings. The van der Waals surface area contributed by atoms with E-state index in [2.05, 4.69) is 5.32 Å². The Kier molecular flexibility index (Phi) is 3.57. The van der Waals surface area contributed by atoms with Crippen LogP contribution in [0.5, 0.6) is 0 Å². The molecule has 1 aromatic carbocycles. The molecule has 1 saturated carbocycles. The van der Waals surface area contributed by atoms with Crippen LogP contribution in [0.2, 0.25) is 0 Å². The van der Waals surface area contributed by atoms with Crippen LogP contribution in [0.25, 0.3) is 0 Å². The second-order valence-corrected chi connectivity index (χ2v) is 4.68. The zero-order valence-electron chi connectivity index (χ0n) is 10.0. The fourth-order valence-corrected chi connectivity index (χ4v) is 1.96. The largest absolute Gasteiger partial charge is 0.326 e. The van der Waals surface area contributed by atoms with Crippen molar-refractivity contribution in [3.05, 3.63) is 29.8 Å². The first-order valence-electron chi connectivity index (χ1n) is 6.06. The summed E-state index contributed by atoms with van der Waals surface area (Å²) in [5.41, 5.74) is 1.43. The number of Topliss-reactive ketones (excluding diaryl/α,β-unsaturated/α-hetero) is 1. The maximum atomic E-state index is 11.7. The standard InChI is InChI=1S/C14H17NO2/c1-10(16)12-5-7-13(8-6-12)15-14(17)9-11-3-2-4-11/h5-8,11H,2-4,9H2,1H3,(H,15,17). The molecule has 0 radical (unpaired) electrons. The van der Waals surface area contributed by atoms with E-state index in [1.54, 1.807) is 24.3 Å². The Hall–Kier alpha value is -1.64. The fraction of sp³-hybridized carbons (Fsp3) is 0.429. The molecule has 0 unspecified atom stereocenters. The van der Waals surface area contributed by atoms with Crippen molar-refractivity contribution in [2.75, 3.05) is 5.32 Å². The molecule has 17 heavy (non-hydrogen) atoms. The first-order chi connectivity index (χ1) is 8.15. The first-order valence-corrected chi connectivity index (χ1v) is 6.06. The van der Waals surface area contributed by atoms with Crippen molar-refractivity contribution >= 4 is 17.4 Å². The molecular formula is C14H17NO2. The molecule has 3 nitrogen and oxygen atoms in total. The van der Waals surface area contributed by atoms with Gasteiger partial charge in [0.1, 0.15) is 0 Å². The summed E-state index contributed by atoms with van der Waals surface area (Å²) in [4.78, 5) is 22.7. The second-order valence-electron chi connectivity index (χ2n) is 4.68. The SMILES string of the molecule is CC(=O)c1ccc(NC(=O)CC2CCC2)cc1. The van der Waals surface area contributed by atoms with E-state index in [1.165, 1.54) is 26.2 Å². The molecule has 1 fully saturated rings. The highest BCUT2D eigenvalue weighted by atomic mass is 16.1. The minimum Gasteiger partial charge on any atom is -0.326 e. The van der Waals surface area contributed by atoms with Crippen molar-refractivity contribution in [2.45, 2.75) is 32.6 Å². The summed E-state index contributed by atoms with van der Waals surface area (Å²) in [5, 5.41) is 2.86. The third kappa shape index (κ3) is 3.16. The molecule has 0 aromatic heterocycles. The molecule has 0 bridgehead atoms. The fourth-order valence-electron chi connectivity index (χ4n) is 1.96. The first kappa shape index (κ1) is 11.8. The van der Waals surface area contributed by atoms with E-state index in [4.69, 9.17) is 0 Å². The van der Waals surface area contributed by atoms with E-state index >= 15 is 0 Å². The quantitative estimate of drug-likeness (QED) is 0.809. The Morgan fingerprint density at radius 3 is 2.35 bits per heavy atom. The highest BCUT2D eigenvalue weighted by Crippen LogP contribution is 2.29. The Morgan fingerprint density at radius 1 is 1.24 bits per heavy atom. The molecule has 0 atom stereocenters. The molecule has 1 aliphatic rings. The van der Waals surface area contributed by atoms with Crippen molar-refractivity contribution in [2.24, 2.45) is 5.92 Å². The zero-order chi connectivity index (χ0) is 12.3. The third-order valence-corrected chi connectivity index (χ3v) is 3.27. The monoisotopic (exact) mass is 231 g/mol. The van der Waals surface area contributed by atoms with E-state index in [9.17, 15) is 9.59 Å². The third-order valence-electron chi connectivity index (χ3n) is 3.27. The molecule has 3 heteroatoms. The van der Waals surface area contributed by atoms with E-state index in [0.29, 0.717) is 17.9 Å². The number of anilines is 1. The average Bonchev–Trinajstić information content (AvgIpc) is 2.24. The molecule has 0 saturated heterocycles. The summed E-state index contributed by atoms with van der Waals surface area (Å²) in [6.45, 7) is 1.53. The van der Waals surface area contributed by atoms with E-state index in [1.807, 2.05) is 0 Å². The number of amides is 1. The van der Waals surface area contributed by atoms with Crippen molar-refractivity contribution in [3.63, 3.8) is 0 Å². The summed E-state index contributed by atoms with van der Waals surface area (Å²) >= 11 is 0. The van der Waals surface area contributed by atoms with Gasteiger partial charge in [-0.2, -0.15) is 0 Å². The lowest BCUT2D eigenvalue weighted by atomic mass is 9.83. The van der Waals surface area contributed by atoms with Crippen LogP contribution in [0.15, 0.2) is 24.3 Å². The number of carbonyl (C=O) groups excluding carboxylic acids is 2. The van der Waals surface area contributed by atoms with Crippen LogP contribution in [-0.4, -0.2) is 11.7 Å². The van der Waals surface area contributed by atoms with Gasteiger partial charge < -0.3 is 5.32 Å². The number of benzene rings is 1. The van der Waals surface area contributed by atoms with Crippen LogP contribution < -0.4 is 5.32 Å². The van der Waals surface area contributed by atoms with Gasteiger partial charge in [-0.25, -0.2) is 0 Å². The molecule has 1 N–H and O–H groups in total. The van der Waals surface area contributed by atoms with Crippen LogP contribution in [0.1, 0.15) is 43.0 Å². The lowest BCUT2D eigenvalue weighted by Gasteiger charge is -2.24. The number of hydrogen-bond acceptors (Lipinski definition) is 2. The van der Waals surface area contributed by atoms with Crippen LogP contribution in [0.3, 0.4) is 0 Å². The smallest absolute Gasteiger partial charge is 0.224 e.